The molecule has 0 fully saturated rings. The first-order chi connectivity index (χ1) is 49.7. The largest absolute Gasteiger partial charge is 0.298 e. The van der Waals surface area contributed by atoms with Crippen LogP contribution in [0.15, 0.2) is 49.6 Å². The molecule has 4 aromatic rings. The Balaban J connectivity index is 1.38. The van der Waals surface area contributed by atoms with Gasteiger partial charge in [-0.2, -0.15) is 0 Å². The highest BCUT2D eigenvalue weighted by molar-refractivity contribution is 6.86. The van der Waals surface area contributed by atoms with Gasteiger partial charge < -0.3 is 0 Å². The van der Waals surface area contributed by atoms with Crippen LogP contribution in [0.5, 0.6) is 0 Å². The molecule has 0 unspecified atom stereocenters. The van der Waals surface area contributed by atoms with Crippen LogP contribution in [0, 0.1) is 45.9 Å². The smallest absolute Gasteiger partial charge is 0.204 e. The number of rotatable bonds is 52. The lowest BCUT2D eigenvalue weighted by atomic mass is 10.3. The summed E-state index contributed by atoms with van der Waals surface area (Å²) >= 11 is 0. The zero-order valence-corrected chi connectivity index (χ0v) is 77.9. The second kappa shape index (κ2) is 48.0. The Hall–Kier alpha value is -4.81. The third kappa shape index (κ3) is 43.2. The monoisotopic (exact) mass is 1580 g/mol. The van der Waals surface area contributed by atoms with E-state index >= 15 is 0 Å². The van der Waals surface area contributed by atoms with Crippen molar-refractivity contribution in [2.75, 3.05) is 0 Å². The van der Waals surface area contributed by atoms with E-state index in [9.17, 15) is 19.2 Å². The molecule has 4 rings (SSSR count). The Morgan fingerprint density at radius 1 is 0.219 bits per heavy atom. The summed E-state index contributed by atoms with van der Waals surface area (Å²) in [4.78, 5) is 78.6. The van der Waals surface area contributed by atoms with E-state index in [1.807, 2.05) is 0 Å². The normalized spacial score (nSPS) is 12.4. The van der Waals surface area contributed by atoms with Gasteiger partial charge >= 0.3 is 0 Å². The average molecular weight is 1580 g/mol. The molecule has 0 N–H and O–H groups in total. The Bertz CT molecular complexity index is 3010. The second-order valence-electron chi connectivity index (χ2n) is 37.0. The summed E-state index contributed by atoms with van der Waals surface area (Å²) in [7, 11) is -13.5. The first-order valence-corrected chi connectivity index (χ1v) is 70.2. The summed E-state index contributed by atoms with van der Waals surface area (Å²) in [5.41, 5.74) is 16.2. The fourth-order valence-electron chi connectivity index (χ4n) is 14.8. The molecule has 4 heterocycles. The van der Waals surface area contributed by atoms with Gasteiger partial charge in [0.2, 0.25) is 23.3 Å². The molecule has 0 amide bonds. The van der Waals surface area contributed by atoms with Gasteiger partial charge in [-0.05, 0) is 47.9 Å². The predicted octanol–water partition coefficient (Wildman–Crippen LogP) is 23.2. The number of carbonyl (C=O) groups excluding carboxylic acids is 4. The molecular weight excluding hydrogens is 1440 g/mol. The lowest BCUT2D eigenvalue weighted by Crippen LogP contribution is -2.34. The van der Waals surface area contributed by atoms with Gasteiger partial charge in [0.1, 0.15) is 32.3 Å². The van der Waals surface area contributed by atoms with Crippen LogP contribution >= 0.6 is 0 Å². The second-order valence-corrected chi connectivity index (χ2v) is 81.4. The minimum atomic E-state index is -1.70. The predicted molar refractivity (Wildman–Crippen MR) is 471 cm³/mol. The zero-order valence-electron chi connectivity index (χ0n) is 68.9. The summed E-state index contributed by atoms with van der Waals surface area (Å²) in [6.07, 6.45) is 48.4. The topological polar surface area (TPSA) is 171 Å². The van der Waals surface area contributed by atoms with E-state index in [0.29, 0.717) is 45.6 Å². The quantitative estimate of drug-likeness (QED) is 0.0178. The lowest BCUT2D eigenvalue weighted by molar-refractivity contribution is 0.111. The van der Waals surface area contributed by atoms with Crippen LogP contribution in [0.4, 0.5) is 0 Å². The fourth-order valence-corrected chi connectivity index (χ4v) is 37.8. The van der Waals surface area contributed by atoms with Crippen LogP contribution in [-0.4, -0.2) is 138 Å². The van der Waals surface area contributed by atoms with Gasteiger partial charge in [0.25, 0.3) is 0 Å². The van der Waals surface area contributed by atoms with Crippen molar-refractivity contribution in [2.45, 2.75) is 356 Å². The molecule has 105 heavy (non-hydrogen) atoms. The molecule has 21 heteroatoms. The molecule has 0 aliphatic carbocycles. The van der Waals surface area contributed by atoms with Crippen molar-refractivity contribution in [1.82, 2.24) is 39.9 Å². The summed E-state index contributed by atoms with van der Waals surface area (Å²) in [6, 6.07) is 22.7. The average Bonchev–Trinajstić information content (AvgIpc) is 0.887. The van der Waals surface area contributed by atoms with E-state index in [1.165, 1.54) is 227 Å². The summed E-state index contributed by atoms with van der Waals surface area (Å²) in [5.74, 6) is 14.9. The Morgan fingerprint density at radius 2 is 0.362 bits per heavy atom. The highest BCUT2D eigenvalue weighted by Crippen LogP contribution is 2.38. The summed E-state index contributed by atoms with van der Waals surface area (Å²) in [5, 5.41) is 0. The first kappa shape index (κ1) is 92.6. The lowest BCUT2D eigenvalue weighted by Gasteiger charge is -2.34. The fraction of sp³-hybridized carbons (Fsp3) is 0.667. The van der Waals surface area contributed by atoms with Crippen molar-refractivity contribution in [3.05, 3.63) is 95.1 Å². The molecule has 576 valence electrons. The molecule has 0 aliphatic heterocycles. The standard InChI is InChI=1S/C84H140N8O4Si9/c1-97(2,45-25-17-29-53-101(9,10)61-41-81-85-65-77(73-93)66-86-81)49-33-21-37-57-105(58-38-22-34-50-98(3,4)46-26-18-30-54-102(11,12)62-42-82-87-67-78(74-94)68-88-82,59-39-23-35-51-99(5,6)47-27-19-31-55-103(13,14)63-43-83-89-69-79(75-95)70-90-83)60-40-24-36-52-100(7,8)48-28-20-32-56-104(15,16)64-44-84-91-71-80(76-96)72-92-84/h65-76H,17-40,45-60H2,1-16H3. The maximum atomic E-state index is 11.1. The van der Waals surface area contributed by atoms with Gasteiger partial charge in [-0.15, -0.1) is 22.2 Å². The van der Waals surface area contributed by atoms with E-state index in [-0.39, 0.29) is 0 Å². The molecule has 0 aliphatic rings. The van der Waals surface area contributed by atoms with Crippen LogP contribution < -0.4 is 0 Å². The van der Waals surface area contributed by atoms with Crippen molar-refractivity contribution in [3.8, 4) is 45.9 Å². The van der Waals surface area contributed by atoms with Gasteiger partial charge in [0.15, 0.2) is 25.1 Å². The Kier molecular flexibility index (Phi) is 42.3. The van der Waals surface area contributed by atoms with Crippen LogP contribution in [0.25, 0.3) is 0 Å². The number of aldehydes is 4. The highest BCUT2D eigenvalue weighted by Gasteiger charge is 2.33. The van der Waals surface area contributed by atoms with Crippen molar-refractivity contribution in [1.29, 1.82) is 0 Å². The van der Waals surface area contributed by atoms with Crippen LogP contribution in [0.1, 0.15) is 219 Å². The number of hydrogen-bond acceptors (Lipinski definition) is 12. The van der Waals surface area contributed by atoms with Crippen molar-refractivity contribution in [2.24, 2.45) is 0 Å². The third-order valence-corrected chi connectivity index (χ3v) is 51.1. The van der Waals surface area contributed by atoms with E-state index < -0.39 is 72.7 Å². The Morgan fingerprint density at radius 3 is 0.514 bits per heavy atom. The highest BCUT2D eigenvalue weighted by atomic mass is 28.3. The molecule has 12 nitrogen and oxygen atoms in total. The van der Waals surface area contributed by atoms with Gasteiger partial charge in [0.05, 0.1) is 30.3 Å². The molecule has 0 saturated carbocycles. The van der Waals surface area contributed by atoms with Gasteiger partial charge in [-0.1, -0.05) is 331 Å². The van der Waals surface area contributed by atoms with E-state index in [1.54, 1.807) is 73.8 Å². The third-order valence-electron chi connectivity index (χ3n) is 22.1. The molecule has 0 radical (unpaired) electrons. The SMILES string of the molecule is C[Si](C)(C#Cc1ncc(C=O)cn1)CCCCC[Si](C)(C)CCCCC[Si](CCCCC[Si](C)(C)CCCCC[Si](C)(C)C#Cc1ncc(C=O)cn1)(CCCCC[Si](C)(C)CCCCC[Si](C)(C)C#Cc1ncc(C=O)cn1)CCCCC[Si](C)(C)CCCCC[Si](C)(C)C#Cc1ncc(C=O)cn1. The molecular formula is C84H140N8O4Si9. The molecule has 0 aromatic carbocycles. The minimum absolute atomic E-state index is 0.485. The first-order valence-electron chi connectivity index (χ1n) is 40.9. The van der Waals surface area contributed by atoms with Gasteiger partial charge in [-0.25, -0.2) is 39.9 Å². The number of carbonyl (C=O) groups is 4. The summed E-state index contributed by atoms with van der Waals surface area (Å²) < 4.78 is 0. The number of nitrogens with zero attached hydrogens (tertiary/aromatic N) is 8. The van der Waals surface area contributed by atoms with Gasteiger partial charge in [0, 0.05) is 81.9 Å². The minimum Gasteiger partial charge on any atom is -0.298 e. The number of hydrogen-bond donors (Lipinski definition) is 0. The molecule has 0 spiro atoms. The van der Waals surface area contributed by atoms with Gasteiger partial charge in [-0.3, -0.25) is 19.2 Å². The van der Waals surface area contributed by atoms with Crippen molar-refractivity contribution >= 4 is 97.8 Å². The van der Waals surface area contributed by atoms with E-state index in [0.717, 1.165) is 25.1 Å². The van der Waals surface area contributed by atoms with Crippen molar-refractivity contribution in [3.63, 3.8) is 0 Å². The van der Waals surface area contributed by atoms with E-state index in [2.05, 4.69) is 190 Å². The molecule has 0 bridgehead atoms. The molecule has 0 atom stereocenters. The summed E-state index contributed by atoms with van der Waals surface area (Å²) in [6.45, 7) is 40.4. The molecule has 0 saturated heterocycles. The number of unbranched alkanes of at least 4 members (excludes halogenated alkanes) is 16. The van der Waals surface area contributed by atoms with E-state index in [4.69, 9.17) is 0 Å². The van der Waals surface area contributed by atoms with Crippen LogP contribution in [0.2, 0.25) is 201 Å². The number of aromatic nitrogens is 8. The maximum absolute atomic E-state index is 11.1. The van der Waals surface area contributed by atoms with Crippen molar-refractivity contribution < 1.29 is 19.2 Å². The molecule has 4 aromatic heterocycles. The van der Waals surface area contributed by atoms with Crippen LogP contribution in [0.3, 0.4) is 0 Å². The Labute approximate surface area is 648 Å². The zero-order chi connectivity index (χ0) is 77.2. The van der Waals surface area contributed by atoms with Crippen LogP contribution in [-0.2, 0) is 0 Å². The maximum Gasteiger partial charge on any atom is 0.204 e.